The summed E-state index contributed by atoms with van der Waals surface area (Å²) in [6.45, 7) is 1.88. The van der Waals surface area contributed by atoms with Crippen LogP contribution in [0.25, 0.3) is 0 Å². The molecule has 0 aromatic heterocycles. The van der Waals surface area contributed by atoms with E-state index >= 15 is 4.79 Å². The highest BCUT2D eigenvalue weighted by atomic mass is 16.5. The van der Waals surface area contributed by atoms with Crippen LogP contribution in [0.4, 0.5) is 0 Å². The van der Waals surface area contributed by atoms with Gasteiger partial charge in [-0.3, -0.25) is 14.5 Å². The number of ether oxygens (including phenoxy) is 2. The van der Waals surface area contributed by atoms with Crippen LogP contribution in [-0.2, 0) is 30.4 Å². The van der Waals surface area contributed by atoms with Gasteiger partial charge in [0.2, 0.25) is 0 Å². The lowest BCUT2D eigenvalue weighted by molar-refractivity contribution is -0.179. The molecule has 48 heavy (non-hydrogen) atoms. The minimum absolute atomic E-state index is 0.0139. The number of hydrogen-bond acceptors (Lipinski definition) is 8. The number of ketones is 1. The third kappa shape index (κ3) is 5.28. The SMILES string of the molecule is COC(=O)C1=C(C)N(Cc2ccccc2)C2=C(C(=O)c3ccccc3)[C@H](c3ccccc3)[C@@](O)(C(=O)OC)C(=O)N2C1c1ccccc1. The molecule has 0 fully saturated rings. The number of rotatable bonds is 8. The second-order valence-electron chi connectivity index (χ2n) is 11.6. The maximum atomic E-state index is 15.1. The summed E-state index contributed by atoms with van der Waals surface area (Å²) < 4.78 is 10.4. The molecule has 0 spiro atoms. The number of esters is 2. The van der Waals surface area contributed by atoms with Gasteiger partial charge >= 0.3 is 11.9 Å². The lowest BCUT2D eigenvalue weighted by atomic mass is 9.70. The summed E-state index contributed by atoms with van der Waals surface area (Å²) in [4.78, 5) is 60.6. The molecule has 4 aromatic rings. The fourth-order valence-corrected chi connectivity index (χ4v) is 6.69. The van der Waals surface area contributed by atoms with Crippen LogP contribution in [-0.4, -0.2) is 58.4 Å². The molecule has 9 heteroatoms. The Labute approximate surface area is 278 Å². The average molecular weight is 643 g/mol. The summed E-state index contributed by atoms with van der Waals surface area (Å²) in [7, 11) is 2.32. The van der Waals surface area contributed by atoms with Crippen molar-refractivity contribution in [2.45, 2.75) is 31.0 Å². The summed E-state index contributed by atoms with van der Waals surface area (Å²) >= 11 is 0. The van der Waals surface area contributed by atoms with Gasteiger partial charge in [-0.05, 0) is 23.6 Å². The second kappa shape index (κ2) is 13.1. The number of Topliss-reactive ketones (excluding diaryl/α,β-unsaturated/α-hetero) is 1. The molecule has 2 heterocycles. The lowest BCUT2D eigenvalue weighted by Crippen LogP contribution is -2.65. The molecule has 1 unspecified atom stereocenters. The van der Waals surface area contributed by atoms with E-state index in [-0.39, 0.29) is 29.1 Å². The normalized spacial score (nSPS) is 20.7. The topological polar surface area (TPSA) is 113 Å². The molecule has 4 aromatic carbocycles. The Bertz CT molecular complexity index is 1920. The minimum Gasteiger partial charge on any atom is -0.466 e. The fraction of sp³-hybridized carbons (Fsp3) is 0.179. The van der Waals surface area contributed by atoms with E-state index in [0.717, 1.165) is 12.7 Å². The number of nitrogens with zero attached hydrogens (tertiary/aromatic N) is 2. The smallest absolute Gasteiger partial charge is 0.348 e. The Morgan fingerprint density at radius 3 is 1.79 bits per heavy atom. The second-order valence-corrected chi connectivity index (χ2v) is 11.6. The molecule has 2 aliphatic rings. The Morgan fingerprint density at radius 1 is 0.729 bits per heavy atom. The molecule has 2 aliphatic heterocycles. The molecule has 6 rings (SSSR count). The van der Waals surface area contributed by atoms with E-state index in [0.29, 0.717) is 16.8 Å². The molecule has 1 N–H and O–H groups in total. The summed E-state index contributed by atoms with van der Waals surface area (Å²) in [5, 5.41) is 12.6. The quantitative estimate of drug-likeness (QED) is 0.156. The maximum absolute atomic E-state index is 15.1. The number of carbonyl (C=O) groups is 4. The van der Waals surface area contributed by atoms with Gasteiger partial charge in [0.25, 0.3) is 11.5 Å². The first-order valence-corrected chi connectivity index (χ1v) is 15.4. The van der Waals surface area contributed by atoms with Gasteiger partial charge in [-0.2, -0.15) is 0 Å². The van der Waals surface area contributed by atoms with Crippen molar-refractivity contribution >= 4 is 23.6 Å². The van der Waals surface area contributed by atoms with E-state index in [9.17, 15) is 19.5 Å². The highest BCUT2D eigenvalue weighted by Gasteiger charge is 2.64. The van der Waals surface area contributed by atoms with Crippen LogP contribution >= 0.6 is 0 Å². The molecule has 0 saturated carbocycles. The Morgan fingerprint density at radius 2 is 1.25 bits per heavy atom. The third-order valence-electron chi connectivity index (χ3n) is 8.92. The van der Waals surface area contributed by atoms with Gasteiger partial charge in [-0.15, -0.1) is 0 Å². The molecule has 242 valence electrons. The zero-order valence-electron chi connectivity index (χ0n) is 26.7. The van der Waals surface area contributed by atoms with Crippen LogP contribution in [0.15, 0.2) is 144 Å². The van der Waals surface area contributed by atoms with Gasteiger partial charge in [0, 0.05) is 17.8 Å². The number of methoxy groups -OCH3 is 2. The van der Waals surface area contributed by atoms with Crippen LogP contribution in [0.2, 0.25) is 0 Å². The number of allylic oxidation sites excluding steroid dienone is 1. The lowest BCUT2D eigenvalue weighted by Gasteiger charge is -2.52. The first-order chi connectivity index (χ1) is 23.2. The number of fused-ring (bicyclic) bond motifs is 1. The van der Waals surface area contributed by atoms with E-state index in [1.54, 1.807) is 103 Å². The first kappa shape index (κ1) is 32.2. The van der Waals surface area contributed by atoms with Crippen LogP contribution in [0, 0.1) is 0 Å². The highest BCUT2D eigenvalue weighted by Crippen LogP contribution is 2.53. The largest absolute Gasteiger partial charge is 0.466 e. The number of hydrogen-bond donors (Lipinski definition) is 1. The summed E-state index contributed by atoms with van der Waals surface area (Å²) in [6.07, 6.45) is 0. The number of aliphatic hydroxyl groups is 1. The van der Waals surface area contributed by atoms with E-state index in [1.807, 2.05) is 30.3 Å². The van der Waals surface area contributed by atoms with Crippen LogP contribution in [0.3, 0.4) is 0 Å². The number of amides is 1. The van der Waals surface area contributed by atoms with Crippen molar-refractivity contribution < 1.29 is 33.8 Å². The standard InChI is InChI=1S/C39H34N2O7/c1-25-30(36(43)47-2)33(28-20-12-6-13-21-28)41-35(40(25)24-26-16-8-4-9-17-26)31(34(42)29-22-14-7-15-23-29)32(27-18-10-5-11-19-27)39(46,37(41)44)38(45)48-3/h4-23,32-33,46H,24H2,1-3H3/t32-,33?,39-/m0/s1. The van der Waals surface area contributed by atoms with Crippen molar-refractivity contribution in [1.82, 2.24) is 9.80 Å². The van der Waals surface area contributed by atoms with E-state index < -0.39 is 41.2 Å². The Balaban J connectivity index is 1.80. The van der Waals surface area contributed by atoms with Crippen LogP contribution in [0.5, 0.6) is 0 Å². The van der Waals surface area contributed by atoms with Crippen molar-refractivity contribution in [3.63, 3.8) is 0 Å². The van der Waals surface area contributed by atoms with E-state index in [4.69, 9.17) is 9.47 Å². The molecule has 3 atom stereocenters. The maximum Gasteiger partial charge on any atom is 0.348 e. The molecule has 0 aliphatic carbocycles. The predicted octanol–water partition coefficient (Wildman–Crippen LogP) is 5.32. The van der Waals surface area contributed by atoms with Gasteiger partial charge in [-0.25, -0.2) is 9.59 Å². The molecule has 1 amide bonds. The summed E-state index contributed by atoms with van der Waals surface area (Å²) in [5.41, 5.74) is -0.437. The number of carbonyl (C=O) groups excluding carboxylic acids is 4. The van der Waals surface area contributed by atoms with Gasteiger partial charge in [0.05, 0.1) is 37.3 Å². The monoisotopic (exact) mass is 642 g/mol. The zero-order chi connectivity index (χ0) is 34.0. The van der Waals surface area contributed by atoms with Crippen molar-refractivity contribution in [2.75, 3.05) is 14.2 Å². The van der Waals surface area contributed by atoms with Crippen molar-refractivity contribution in [3.05, 3.63) is 166 Å². The van der Waals surface area contributed by atoms with Crippen molar-refractivity contribution in [1.29, 1.82) is 0 Å². The van der Waals surface area contributed by atoms with Crippen LogP contribution < -0.4 is 0 Å². The van der Waals surface area contributed by atoms with Gasteiger partial charge in [0.1, 0.15) is 5.82 Å². The van der Waals surface area contributed by atoms with Crippen LogP contribution in [0.1, 0.15) is 45.9 Å². The van der Waals surface area contributed by atoms with E-state index in [2.05, 4.69) is 0 Å². The molecule has 0 saturated heterocycles. The zero-order valence-corrected chi connectivity index (χ0v) is 26.7. The Kier molecular flexibility index (Phi) is 8.80. The highest BCUT2D eigenvalue weighted by molar-refractivity contribution is 6.17. The van der Waals surface area contributed by atoms with Gasteiger partial charge in [0.15, 0.2) is 5.78 Å². The fourth-order valence-electron chi connectivity index (χ4n) is 6.69. The summed E-state index contributed by atoms with van der Waals surface area (Å²) in [5.74, 6) is -4.87. The molecular weight excluding hydrogens is 608 g/mol. The predicted molar refractivity (Wildman–Crippen MR) is 177 cm³/mol. The Hall–Kier alpha value is -5.80. The van der Waals surface area contributed by atoms with Crippen molar-refractivity contribution in [3.8, 4) is 0 Å². The molecular formula is C39H34N2O7. The third-order valence-corrected chi connectivity index (χ3v) is 8.92. The minimum atomic E-state index is -2.91. The average Bonchev–Trinajstić information content (AvgIpc) is 3.14. The van der Waals surface area contributed by atoms with Gasteiger partial charge < -0.3 is 19.5 Å². The molecule has 0 bridgehead atoms. The van der Waals surface area contributed by atoms with E-state index in [1.165, 1.54) is 12.0 Å². The van der Waals surface area contributed by atoms with Crippen molar-refractivity contribution in [2.24, 2.45) is 0 Å². The van der Waals surface area contributed by atoms with Gasteiger partial charge in [-0.1, -0.05) is 121 Å². The first-order valence-electron chi connectivity index (χ1n) is 15.4. The molecule has 9 nitrogen and oxygen atoms in total. The molecule has 0 radical (unpaired) electrons. The number of benzene rings is 4. The summed E-state index contributed by atoms with van der Waals surface area (Å²) in [6, 6.07) is 33.9.